The van der Waals surface area contributed by atoms with Gasteiger partial charge in [-0.05, 0) is 69.7 Å². The molecule has 4 rings (SSSR count). The van der Waals surface area contributed by atoms with Crippen molar-refractivity contribution in [1.82, 2.24) is 15.0 Å². The number of ether oxygens (including phenoxy) is 1. The van der Waals surface area contributed by atoms with Gasteiger partial charge in [0.25, 0.3) is 5.91 Å². The number of hydrogen-bond acceptors (Lipinski definition) is 5. The van der Waals surface area contributed by atoms with Crippen molar-refractivity contribution >= 4 is 17.5 Å². The lowest BCUT2D eigenvalue weighted by Crippen LogP contribution is -2.51. The second-order valence-electron chi connectivity index (χ2n) is 7.09. The van der Waals surface area contributed by atoms with Gasteiger partial charge in [0.05, 0.1) is 0 Å². The molecule has 1 saturated heterocycles. The molecule has 1 amide bonds. The molecule has 1 aromatic heterocycles. The SMILES string of the molecule is Cc1noc([C@@H]2CCCN2C(=O)C2(Oc3ccc(Cl)cc3)CCCC2)n1. The highest BCUT2D eigenvalue weighted by molar-refractivity contribution is 6.30. The van der Waals surface area contributed by atoms with E-state index in [4.69, 9.17) is 20.9 Å². The first-order valence-electron chi connectivity index (χ1n) is 9.13. The first-order valence-corrected chi connectivity index (χ1v) is 9.51. The van der Waals surface area contributed by atoms with E-state index in [0.29, 0.717) is 29.0 Å². The molecule has 1 aromatic carbocycles. The van der Waals surface area contributed by atoms with E-state index in [0.717, 1.165) is 38.5 Å². The summed E-state index contributed by atoms with van der Waals surface area (Å²) in [6, 6.07) is 7.04. The van der Waals surface area contributed by atoms with Crippen LogP contribution in [0.1, 0.15) is 56.3 Å². The van der Waals surface area contributed by atoms with Crippen LogP contribution in [0.3, 0.4) is 0 Å². The van der Waals surface area contributed by atoms with Crippen molar-refractivity contribution in [2.75, 3.05) is 6.54 Å². The smallest absolute Gasteiger partial charge is 0.267 e. The van der Waals surface area contributed by atoms with Crippen LogP contribution in [0.4, 0.5) is 0 Å². The van der Waals surface area contributed by atoms with E-state index in [1.54, 1.807) is 19.1 Å². The van der Waals surface area contributed by atoms with Gasteiger partial charge in [0.1, 0.15) is 11.8 Å². The molecule has 138 valence electrons. The number of aromatic nitrogens is 2. The third-order valence-corrected chi connectivity index (χ3v) is 5.52. The number of nitrogens with zero attached hydrogens (tertiary/aromatic N) is 3. The summed E-state index contributed by atoms with van der Waals surface area (Å²) in [4.78, 5) is 19.7. The Labute approximate surface area is 157 Å². The van der Waals surface area contributed by atoms with Crippen LogP contribution in [0.2, 0.25) is 5.02 Å². The number of carbonyl (C=O) groups excluding carboxylic acids is 1. The maximum Gasteiger partial charge on any atom is 0.267 e. The molecule has 0 bridgehead atoms. The van der Waals surface area contributed by atoms with Crippen LogP contribution < -0.4 is 4.74 Å². The van der Waals surface area contributed by atoms with Crippen LogP contribution in [0, 0.1) is 6.92 Å². The van der Waals surface area contributed by atoms with E-state index in [-0.39, 0.29) is 11.9 Å². The number of carbonyl (C=O) groups is 1. The summed E-state index contributed by atoms with van der Waals surface area (Å²) in [5.41, 5.74) is -0.814. The Morgan fingerprint density at radius 1 is 1.27 bits per heavy atom. The molecular weight excluding hydrogens is 354 g/mol. The van der Waals surface area contributed by atoms with Crippen molar-refractivity contribution in [3.8, 4) is 5.75 Å². The first-order chi connectivity index (χ1) is 12.6. The van der Waals surface area contributed by atoms with Crippen LogP contribution >= 0.6 is 11.6 Å². The van der Waals surface area contributed by atoms with Crippen molar-refractivity contribution in [2.45, 2.75) is 57.1 Å². The van der Waals surface area contributed by atoms with E-state index in [2.05, 4.69) is 10.1 Å². The van der Waals surface area contributed by atoms with E-state index in [1.807, 2.05) is 17.0 Å². The van der Waals surface area contributed by atoms with Gasteiger partial charge >= 0.3 is 0 Å². The summed E-state index contributed by atoms with van der Waals surface area (Å²) < 4.78 is 11.6. The van der Waals surface area contributed by atoms with Gasteiger partial charge < -0.3 is 14.2 Å². The average molecular weight is 376 g/mol. The zero-order valence-corrected chi connectivity index (χ0v) is 15.5. The fraction of sp³-hybridized carbons (Fsp3) is 0.526. The molecule has 2 heterocycles. The Balaban J connectivity index is 1.59. The van der Waals surface area contributed by atoms with Crippen LogP contribution in [0.15, 0.2) is 28.8 Å². The molecule has 0 radical (unpaired) electrons. The van der Waals surface area contributed by atoms with E-state index in [9.17, 15) is 4.79 Å². The maximum absolute atomic E-state index is 13.5. The Morgan fingerprint density at radius 2 is 2.00 bits per heavy atom. The van der Waals surface area contributed by atoms with Crippen LogP contribution in [-0.2, 0) is 4.79 Å². The summed E-state index contributed by atoms with van der Waals surface area (Å²) in [7, 11) is 0. The van der Waals surface area contributed by atoms with Gasteiger partial charge in [-0.3, -0.25) is 4.79 Å². The zero-order valence-electron chi connectivity index (χ0n) is 14.8. The summed E-state index contributed by atoms with van der Waals surface area (Å²) in [6.45, 7) is 2.48. The maximum atomic E-state index is 13.5. The minimum atomic E-state index is -0.814. The molecule has 26 heavy (non-hydrogen) atoms. The summed E-state index contributed by atoms with van der Waals surface area (Å²) in [5, 5.41) is 4.53. The minimum Gasteiger partial charge on any atom is -0.477 e. The Kier molecular flexibility index (Phi) is 4.61. The van der Waals surface area contributed by atoms with E-state index in [1.165, 1.54) is 0 Å². The lowest BCUT2D eigenvalue weighted by molar-refractivity contribution is -0.149. The molecule has 1 aliphatic carbocycles. The molecule has 1 saturated carbocycles. The summed E-state index contributed by atoms with van der Waals surface area (Å²) in [6.07, 6.45) is 5.18. The quantitative estimate of drug-likeness (QED) is 0.805. The highest BCUT2D eigenvalue weighted by Gasteiger charge is 2.49. The largest absolute Gasteiger partial charge is 0.477 e. The second kappa shape index (κ2) is 6.91. The highest BCUT2D eigenvalue weighted by Crippen LogP contribution is 2.40. The third kappa shape index (κ3) is 3.18. The molecule has 0 unspecified atom stereocenters. The zero-order chi connectivity index (χ0) is 18.1. The normalized spacial score (nSPS) is 21.9. The van der Waals surface area contributed by atoms with Crippen molar-refractivity contribution in [3.05, 3.63) is 41.0 Å². The Morgan fingerprint density at radius 3 is 2.65 bits per heavy atom. The minimum absolute atomic E-state index is 0.0308. The fourth-order valence-corrected chi connectivity index (χ4v) is 4.14. The van der Waals surface area contributed by atoms with Gasteiger partial charge in [-0.15, -0.1) is 0 Å². The first kappa shape index (κ1) is 17.3. The highest BCUT2D eigenvalue weighted by atomic mass is 35.5. The topological polar surface area (TPSA) is 68.5 Å². The monoisotopic (exact) mass is 375 g/mol. The van der Waals surface area contributed by atoms with Crippen molar-refractivity contribution in [3.63, 3.8) is 0 Å². The van der Waals surface area contributed by atoms with Gasteiger partial charge in [-0.1, -0.05) is 16.8 Å². The van der Waals surface area contributed by atoms with Gasteiger partial charge in [-0.2, -0.15) is 4.98 Å². The van der Waals surface area contributed by atoms with Crippen LogP contribution in [-0.4, -0.2) is 33.1 Å². The Bertz CT molecular complexity index is 784. The van der Waals surface area contributed by atoms with Crippen LogP contribution in [0.25, 0.3) is 0 Å². The lowest BCUT2D eigenvalue weighted by atomic mass is 9.99. The molecule has 1 atom stereocenters. The van der Waals surface area contributed by atoms with Crippen molar-refractivity contribution in [1.29, 1.82) is 0 Å². The number of hydrogen-bond donors (Lipinski definition) is 0. The lowest BCUT2D eigenvalue weighted by Gasteiger charge is -2.34. The van der Waals surface area contributed by atoms with Gasteiger partial charge in [0, 0.05) is 11.6 Å². The number of benzene rings is 1. The van der Waals surface area contributed by atoms with Gasteiger partial charge in [0.2, 0.25) is 5.89 Å². The molecular formula is C19H22ClN3O3. The molecule has 2 aliphatic rings. The summed E-state index contributed by atoms with van der Waals surface area (Å²) in [5.74, 6) is 1.82. The molecule has 2 fully saturated rings. The number of rotatable bonds is 4. The number of halogens is 1. The molecule has 7 heteroatoms. The predicted molar refractivity (Wildman–Crippen MR) is 96.0 cm³/mol. The number of likely N-dealkylation sites (tertiary alicyclic amines) is 1. The Hall–Kier alpha value is -2.08. The fourth-order valence-electron chi connectivity index (χ4n) is 4.01. The molecule has 0 N–H and O–H groups in total. The van der Waals surface area contributed by atoms with Gasteiger partial charge in [-0.25, -0.2) is 0 Å². The summed E-state index contributed by atoms with van der Waals surface area (Å²) >= 11 is 5.96. The second-order valence-corrected chi connectivity index (χ2v) is 7.53. The molecule has 0 spiro atoms. The third-order valence-electron chi connectivity index (χ3n) is 5.27. The van der Waals surface area contributed by atoms with E-state index >= 15 is 0 Å². The number of aryl methyl sites for hydroxylation is 1. The standard InChI is InChI=1S/C19H22ClN3O3/c1-13-21-17(26-22-13)16-5-4-12-23(16)18(24)19(10-2-3-11-19)25-15-8-6-14(20)7-9-15/h6-9,16H,2-5,10-12H2,1H3/t16-/m0/s1. The van der Waals surface area contributed by atoms with E-state index < -0.39 is 5.60 Å². The number of amides is 1. The average Bonchev–Trinajstić information content (AvgIpc) is 3.37. The molecule has 1 aliphatic heterocycles. The van der Waals surface area contributed by atoms with Crippen molar-refractivity contribution in [2.24, 2.45) is 0 Å². The molecule has 6 nitrogen and oxygen atoms in total. The molecule has 2 aromatic rings. The van der Waals surface area contributed by atoms with Crippen molar-refractivity contribution < 1.29 is 14.1 Å². The van der Waals surface area contributed by atoms with Crippen LogP contribution in [0.5, 0.6) is 5.75 Å². The van der Waals surface area contributed by atoms with Gasteiger partial charge in [0.15, 0.2) is 11.4 Å². The predicted octanol–water partition coefficient (Wildman–Crippen LogP) is 4.09.